The molecule has 0 aliphatic heterocycles. The number of methoxy groups -OCH3 is 1. The number of hydrogen-bond donors (Lipinski definition) is 0. The molecule has 6 heteroatoms. The predicted octanol–water partition coefficient (Wildman–Crippen LogP) is 4.16. The second-order valence-electron chi connectivity index (χ2n) is 6.38. The molecular weight excluding hydrogens is 358 g/mol. The number of carbonyl (C=O) groups is 1. The Morgan fingerprint density at radius 1 is 1.04 bits per heavy atom. The number of esters is 1. The Bertz CT molecular complexity index is 911. The van der Waals surface area contributed by atoms with Crippen molar-refractivity contribution in [1.29, 1.82) is 0 Å². The van der Waals surface area contributed by atoms with E-state index >= 15 is 0 Å². The lowest BCUT2D eigenvalue weighted by atomic mass is 10.1. The third-order valence-corrected chi connectivity index (χ3v) is 4.42. The lowest BCUT2D eigenvalue weighted by Crippen LogP contribution is -2.08. The lowest BCUT2D eigenvalue weighted by Gasteiger charge is -2.10. The summed E-state index contributed by atoms with van der Waals surface area (Å²) in [6.45, 7) is 4.32. The summed E-state index contributed by atoms with van der Waals surface area (Å²) in [5, 5.41) is 3.91. The van der Waals surface area contributed by atoms with Crippen LogP contribution in [0.15, 0.2) is 53.1 Å². The first-order valence-corrected chi connectivity index (χ1v) is 8.98. The zero-order valence-corrected chi connectivity index (χ0v) is 16.2. The molecule has 1 heterocycles. The highest BCUT2D eigenvalue weighted by molar-refractivity contribution is 5.72. The zero-order valence-electron chi connectivity index (χ0n) is 16.2. The van der Waals surface area contributed by atoms with E-state index in [2.05, 4.69) is 5.16 Å². The van der Waals surface area contributed by atoms with Gasteiger partial charge in [-0.2, -0.15) is 0 Å². The van der Waals surface area contributed by atoms with Gasteiger partial charge in [-0.05, 0) is 37.6 Å². The highest BCUT2D eigenvalue weighted by atomic mass is 16.5. The summed E-state index contributed by atoms with van der Waals surface area (Å²) in [5.41, 5.74) is 3.46. The molecule has 6 nitrogen and oxygen atoms in total. The summed E-state index contributed by atoms with van der Waals surface area (Å²) < 4.78 is 21.5. The van der Waals surface area contributed by atoms with Crippen LogP contribution in [0.5, 0.6) is 11.5 Å². The van der Waals surface area contributed by atoms with Crippen LogP contribution < -0.4 is 9.47 Å². The van der Waals surface area contributed by atoms with E-state index in [-0.39, 0.29) is 19.0 Å². The molecule has 0 amide bonds. The van der Waals surface area contributed by atoms with E-state index in [1.54, 1.807) is 7.11 Å². The van der Waals surface area contributed by atoms with Crippen LogP contribution in [0.1, 0.15) is 28.1 Å². The average molecular weight is 381 g/mol. The van der Waals surface area contributed by atoms with Crippen molar-refractivity contribution in [2.75, 3.05) is 7.11 Å². The van der Waals surface area contributed by atoms with Gasteiger partial charge in [-0.1, -0.05) is 35.5 Å². The fourth-order valence-corrected chi connectivity index (χ4v) is 2.77. The summed E-state index contributed by atoms with van der Waals surface area (Å²) >= 11 is 0. The van der Waals surface area contributed by atoms with Crippen molar-refractivity contribution >= 4 is 5.97 Å². The Morgan fingerprint density at radius 3 is 2.46 bits per heavy atom. The third-order valence-electron chi connectivity index (χ3n) is 4.42. The Morgan fingerprint density at radius 2 is 1.79 bits per heavy atom. The molecule has 0 radical (unpaired) electrons. The van der Waals surface area contributed by atoms with Gasteiger partial charge in [0.15, 0.2) is 0 Å². The van der Waals surface area contributed by atoms with Crippen LogP contribution in [0.2, 0.25) is 0 Å². The Kier molecular flexibility index (Phi) is 6.32. The smallest absolute Gasteiger partial charge is 0.310 e. The molecule has 0 spiro atoms. The summed E-state index contributed by atoms with van der Waals surface area (Å²) in [5.74, 6) is 1.88. The predicted molar refractivity (Wildman–Crippen MR) is 103 cm³/mol. The van der Waals surface area contributed by atoms with Gasteiger partial charge in [0, 0.05) is 5.56 Å². The number of hydrogen-bond acceptors (Lipinski definition) is 6. The molecule has 1 aromatic heterocycles. The zero-order chi connectivity index (χ0) is 19.9. The van der Waals surface area contributed by atoms with Gasteiger partial charge in [-0.25, -0.2) is 0 Å². The molecule has 3 aromatic rings. The minimum atomic E-state index is -0.296. The number of aryl methyl sites for hydroxylation is 2. The van der Waals surface area contributed by atoms with Gasteiger partial charge in [0.25, 0.3) is 0 Å². The van der Waals surface area contributed by atoms with Crippen molar-refractivity contribution in [3.8, 4) is 11.5 Å². The first-order chi connectivity index (χ1) is 13.6. The Balaban J connectivity index is 1.50. The summed E-state index contributed by atoms with van der Waals surface area (Å²) in [6.07, 6.45) is 0.194. The number of rotatable bonds is 8. The number of nitrogens with zero attached hydrogens (tertiary/aromatic N) is 1. The van der Waals surface area contributed by atoms with Crippen LogP contribution in [0.4, 0.5) is 0 Å². The fourth-order valence-electron chi connectivity index (χ4n) is 2.77. The third kappa shape index (κ3) is 4.91. The van der Waals surface area contributed by atoms with Gasteiger partial charge < -0.3 is 18.7 Å². The quantitative estimate of drug-likeness (QED) is 0.546. The number of aromatic nitrogens is 1. The van der Waals surface area contributed by atoms with Crippen molar-refractivity contribution in [3.63, 3.8) is 0 Å². The molecular formula is C22H23NO5. The molecule has 0 unspecified atom stereocenters. The standard InChI is InChI=1S/C22H23NO5/c1-15-20(16(2)28-23-15)14-26-19-10-8-17(9-11-19)12-22(24)27-13-18-6-4-5-7-21(18)25-3/h4-11H,12-14H2,1-3H3. The molecule has 2 aromatic carbocycles. The van der Waals surface area contributed by atoms with E-state index in [1.807, 2.05) is 62.4 Å². The summed E-state index contributed by atoms with van der Waals surface area (Å²) in [6, 6.07) is 14.8. The minimum absolute atomic E-state index is 0.182. The highest BCUT2D eigenvalue weighted by Gasteiger charge is 2.11. The minimum Gasteiger partial charge on any atom is -0.496 e. The average Bonchev–Trinajstić information content (AvgIpc) is 3.03. The molecule has 3 rings (SSSR count). The highest BCUT2D eigenvalue weighted by Crippen LogP contribution is 2.20. The summed E-state index contributed by atoms with van der Waals surface area (Å²) in [4.78, 5) is 12.1. The first-order valence-electron chi connectivity index (χ1n) is 8.98. The molecule has 0 saturated heterocycles. The number of benzene rings is 2. The van der Waals surface area contributed by atoms with Gasteiger partial charge in [0.05, 0.1) is 24.8 Å². The van der Waals surface area contributed by atoms with Crippen LogP contribution in [-0.4, -0.2) is 18.2 Å². The maximum Gasteiger partial charge on any atom is 0.310 e. The molecule has 0 N–H and O–H groups in total. The molecule has 0 aliphatic rings. The van der Waals surface area contributed by atoms with Gasteiger partial charge in [-0.15, -0.1) is 0 Å². The molecule has 0 aliphatic carbocycles. The van der Waals surface area contributed by atoms with Crippen LogP contribution in [0.25, 0.3) is 0 Å². The van der Waals surface area contributed by atoms with E-state index in [1.165, 1.54) is 0 Å². The molecule has 28 heavy (non-hydrogen) atoms. The molecule has 146 valence electrons. The monoisotopic (exact) mass is 381 g/mol. The fraction of sp³-hybridized carbons (Fsp3) is 0.273. The van der Waals surface area contributed by atoms with Crippen molar-refractivity contribution in [3.05, 3.63) is 76.7 Å². The van der Waals surface area contributed by atoms with Gasteiger partial charge in [-0.3, -0.25) is 4.79 Å². The van der Waals surface area contributed by atoms with E-state index in [0.29, 0.717) is 18.1 Å². The second-order valence-corrected chi connectivity index (χ2v) is 6.38. The Labute approximate surface area is 164 Å². The topological polar surface area (TPSA) is 70.8 Å². The van der Waals surface area contributed by atoms with E-state index in [4.69, 9.17) is 18.7 Å². The van der Waals surface area contributed by atoms with Crippen LogP contribution in [0.3, 0.4) is 0 Å². The Hall–Kier alpha value is -3.28. The molecule has 0 saturated carbocycles. The van der Waals surface area contributed by atoms with Crippen LogP contribution >= 0.6 is 0 Å². The maximum absolute atomic E-state index is 12.1. The van der Waals surface area contributed by atoms with Crippen LogP contribution in [-0.2, 0) is 29.2 Å². The van der Waals surface area contributed by atoms with E-state index < -0.39 is 0 Å². The molecule has 0 fully saturated rings. The van der Waals surface area contributed by atoms with E-state index in [0.717, 1.165) is 28.1 Å². The van der Waals surface area contributed by atoms with Crippen LogP contribution in [0, 0.1) is 13.8 Å². The van der Waals surface area contributed by atoms with Gasteiger partial charge in [0.2, 0.25) is 0 Å². The molecule has 0 bridgehead atoms. The van der Waals surface area contributed by atoms with Gasteiger partial charge >= 0.3 is 5.97 Å². The SMILES string of the molecule is COc1ccccc1COC(=O)Cc1ccc(OCc2c(C)noc2C)cc1. The van der Waals surface area contributed by atoms with Gasteiger partial charge in [0.1, 0.15) is 30.5 Å². The van der Waals surface area contributed by atoms with Crippen molar-refractivity contribution in [2.24, 2.45) is 0 Å². The lowest BCUT2D eigenvalue weighted by molar-refractivity contribution is -0.144. The van der Waals surface area contributed by atoms with Crippen molar-refractivity contribution in [1.82, 2.24) is 5.16 Å². The normalized spacial score (nSPS) is 10.5. The van der Waals surface area contributed by atoms with E-state index in [9.17, 15) is 4.79 Å². The maximum atomic E-state index is 12.1. The molecule has 0 atom stereocenters. The first kappa shape index (κ1) is 19.5. The van der Waals surface area contributed by atoms with Crippen molar-refractivity contribution in [2.45, 2.75) is 33.5 Å². The number of carbonyl (C=O) groups excluding carboxylic acids is 1. The summed E-state index contributed by atoms with van der Waals surface area (Å²) in [7, 11) is 1.59. The largest absolute Gasteiger partial charge is 0.496 e. The number of para-hydroxylation sites is 1. The van der Waals surface area contributed by atoms with Crippen molar-refractivity contribution < 1.29 is 23.5 Å². The second kappa shape index (κ2) is 9.08. The number of ether oxygens (including phenoxy) is 3.